The maximum Gasteiger partial charge on any atom is 0.0248 e. The van der Waals surface area contributed by atoms with Gasteiger partial charge in [0.15, 0.2) is 0 Å². The Morgan fingerprint density at radius 2 is 1.53 bits per heavy atom. The first kappa shape index (κ1) is 13.3. The van der Waals surface area contributed by atoms with Gasteiger partial charge in [-0.3, -0.25) is 9.80 Å². The Morgan fingerprint density at radius 1 is 0.941 bits per heavy atom. The SMILES string of the molecule is CC(C)(C)N1CCN(C2CCCCC2N)CC1. The summed E-state index contributed by atoms with van der Waals surface area (Å²) in [6, 6.07) is 1.08. The number of piperazine rings is 1. The molecule has 17 heavy (non-hydrogen) atoms. The van der Waals surface area contributed by atoms with E-state index in [0.29, 0.717) is 17.6 Å². The third-order valence-electron chi connectivity index (χ3n) is 4.51. The lowest BCUT2D eigenvalue weighted by Gasteiger charge is -2.46. The van der Waals surface area contributed by atoms with Crippen molar-refractivity contribution in [2.45, 2.75) is 64.1 Å². The van der Waals surface area contributed by atoms with Gasteiger partial charge in [0.2, 0.25) is 0 Å². The van der Waals surface area contributed by atoms with Crippen LogP contribution >= 0.6 is 0 Å². The minimum absolute atomic E-state index is 0.320. The number of hydrogen-bond donors (Lipinski definition) is 1. The standard InChI is InChI=1S/C14H29N3/c1-14(2,3)17-10-8-16(9-11-17)13-7-5-4-6-12(13)15/h12-13H,4-11,15H2,1-3H3. The summed E-state index contributed by atoms with van der Waals surface area (Å²) in [4.78, 5) is 5.24. The molecule has 1 aliphatic carbocycles. The number of hydrogen-bond acceptors (Lipinski definition) is 3. The van der Waals surface area contributed by atoms with Crippen molar-refractivity contribution in [3.63, 3.8) is 0 Å². The highest BCUT2D eigenvalue weighted by Gasteiger charge is 2.32. The Labute approximate surface area is 106 Å². The molecule has 0 bridgehead atoms. The smallest absolute Gasteiger partial charge is 0.0248 e. The Bertz CT molecular complexity index is 238. The van der Waals surface area contributed by atoms with E-state index in [1.807, 2.05) is 0 Å². The summed E-state index contributed by atoms with van der Waals surface area (Å²) in [5.74, 6) is 0. The number of nitrogens with two attached hydrogens (primary N) is 1. The van der Waals surface area contributed by atoms with Gasteiger partial charge >= 0.3 is 0 Å². The summed E-state index contributed by atoms with van der Waals surface area (Å²) < 4.78 is 0. The molecule has 3 nitrogen and oxygen atoms in total. The molecule has 1 heterocycles. The van der Waals surface area contributed by atoms with Crippen molar-refractivity contribution in [2.75, 3.05) is 26.2 Å². The van der Waals surface area contributed by atoms with Crippen LogP contribution < -0.4 is 5.73 Å². The van der Waals surface area contributed by atoms with Crippen LogP contribution in [0.4, 0.5) is 0 Å². The van der Waals surface area contributed by atoms with E-state index in [4.69, 9.17) is 5.73 Å². The lowest BCUT2D eigenvalue weighted by atomic mass is 9.89. The molecular formula is C14H29N3. The molecule has 0 aromatic heterocycles. The zero-order valence-corrected chi connectivity index (χ0v) is 11.8. The van der Waals surface area contributed by atoms with Crippen molar-refractivity contribution in [1.29, 1.82) is 0 Å². The van der Waals surface area contributed by atoms with Gasteiger partial charge in [-0.2, -0.15) is 0 Å². The first-order valence-electron chi connectivity index (χ1n) is 7.23. The molecule has 0 spiro atoms. The van der Waals surface area contributed by atoms with Crippen LogP contribution in [0.25, 0.3) is 0 Å². The molecule has 2 N–H and O–H groups in total. The second kappa shape index (κ2) is 5.25. The van der Waals surface area contributed by atoms with Crippen LogP contribution in [0.2, 0.25) is 0 Å². The fraction of sp³-hybridized carbons (Fsp3) is 1.00. The molecule has 2 atom stereocenters. The summed E-state index contributed by atoms with van der Waals surface area (Å²) in [5.41, 5.74) is 6.60. The maximum atomic E-state index is 6.27. The van der Waals surface area contributed by atoms with E-state index in [2.05, 4.69) is 30.6 Å². The third-order valence-corrected chi connectivity index (χ3v) is 4.51. The van der Waals surface area contributed by atoms with E-state index >= 15 is 0 Å². The van der Waals surface area contributed by atoms with Crippen LogP contribution in [0, 0.1) is 0 Å². The van der Waals surface area contributed by atoms with Gasteiger partial charge < -0.3 is 5.73 Å². The van der Waals surface area contributed by atoms with Crippen molar-refractivity contribution in [1.82, 2.24) is 9.80 Å². The van der Waals surface area contributed by atoms with Crippen LogP contribution in [0.3, 0.4) is 0 Å². The summed E-state index contributed by atoms with van der Waals surface area (Å²) in [6.45, 7) is 11.8. The predicted molar refractivity (Wildman–Crippen MR) is 73.1 cm³/mol. The molecule has 100 valence electrons. The summed E-state index contributed by atoms with van der Waals surface area (Å²) >= 11 is 0. The topological polar surface area (TPSA) is 32.5 Å². The van der Waals surface area contributed by atoms with E-state index in [1.54, 1.807) is 0 Å². The zero-order valence-electron chi connectivity index (χ0n) is 11.8. The summed E-state index contributed by atoms with van der Waals surface area (Å²) in [6.07, 6.45) is 5.25. The lowest BCUT2D eigenvalue weighted by molar-refractivity contribution is 0.0279. The highest BCUT2D eigenvalue weighted by Crippen LogP contribution is 2.24. The van der Waals surface area contributed by atoms with Crippen molar-refractivity contribution >= 4 is 0 Å². The molecule has 2 fully saturated rings. The van der Waals surface area contributed by atoms with Crippen molar-refractivity contribution in [3.05, 3.63) is 0 Å². The van der Waals surface area contributed by atoms with Gasteiger partial charge in [-0.25, -0.2) is 0 Å². The Hall–Kier alpha value is -0.120. The third kappa shape index (κ3) is 3.21. The molecule has 2 aliphatic rings. The van der Waals surface area contributed by atoms with Gasteiger partial charge in [0, 0.05) is 43.8 Å². The summed E-state index contributed by atoms with van der Waals surface area (Å²) in [5, 5.41) is 0. The van der Waals surface area contributed by atoms with Crippen molar-refractivity contribution < 1.29 is 0 Å². The van der Waals surface area contributed by atoms with Crippen LogP contribution in [-0.2, 0) is 0 Å². The fourth-order valence-corrected chi connectivity index (χ4v) is 3.32. The van der Waals surface area contributed by atoms with E-state index in [0.717, 1.165) is 0 Å². The van der Waals surface area contributed by atoms with Crippen molar-refractivity contribution in [3.8, 4) is 0 Å². The van der Waals surface area contributed by atoms with Gasteiger partial charge in [0.1, 0.15) is 0 Å². The molecule has 2 rings (SSSR count). The molecule has 2 unspecified atom stereocenters. The molecule has 1 saturated heterocycles. The number of nitrogens with zero attached hydrogens (tertiary/aromatic N) is 2. The normalized spacial score (nSPS) is 33.9. The molecule has 0 amide bonds. The van der Waals surface area contributed by atoms with Crippen molar-refractivity contribution in [2.24, 2.45) is 5.73 Å². The highest BCUT2D eigenvalue weighted by atomic mass is 15.3. The van der Waals surface area contributed by atoms with Gasteiger partial charge in [0.05, 0.1) is 0 Å². The minimum Gasteiger partial charge on any atom is -0.326 e. The van der Waals surface area contributed by atoms with E-state index < -0.39 is 0 Å². The Kier molecular flexibility index (Phi) is 4.11. The monoisotopic (exact) mass is 239 g/mol. The molecule has 3 heteroatoms. The lowest BCUT2D eigenvalue weighted by Crippen LogP contribution is -2.59. The largest absolute Gasteiger partial charge is 0.326 e. The quantitative estimate of drug-likeness (QED) is 0.755. The average Bonchev–Trinajstić information content (AvgIpc) is 2.29. The van der Waals surface area contributed by atoms with E-state index in [-0.39, 0.29) is 0 Å². The first-order chi connectivity index (χ1) is 7.98. The highest BCUT2D eigenvalue weighted by molar-refractivity contribution is 4.90. The van der Waals surface area contributed by atoms with Crippen LogP contribution in [-0.4, -0.2) is 53.6 Å². The second-order valence-corrected chi connectivity index (χ2v) is 6.71. The van der Waals surface area contributed by atoms with Crippen LogP contribution in [0.5, 0.6) is 0 Å². The maximum absolute atomic E-state index is 6.27. The number of rotatable bonds is 1. The Balaban J connectivity index is 1.86. The molecular weight excluding hydrogens is 210 g/mol. The van der Waals surface area contributed by atoms with E-state index in [1.165, 1.54) is 51.9 Å². The van der Waals surface area contributed by atoms with Crippen LogP contribution in [0.15, 0.2) is 0 Å². The Morgan fingerprint density at radius 3 is 2.06 bits per heavy atom. The first-order valence-corrected chi connectivity index (χ1v) is 7.23. The van der Waals surface area contributed by atoms with Gasteiger partial charge in [-0.15, -0.1) is 0 Å². The fourth-order valence-electron chi connectivity index (χ4n) is 3.32. The molecule has 0 radical (unpaired) electrons. The minimum atomic E-state index is 0.320. The van der Waals surface area contributed by atoms with Crippen LogP contribution in [0.1, 0.15) is 46.5 Å². The molecule has 0 aromatic rings. The second-order valence-electron chi connectivity index (χ2n) is 6.71. The molecule has 0 aromatic carbocycles. The average molecular weight is 239 g/mol. The van der Waals surface area contributed by atoms with Gasteiger partial charge in [-0.1, -0.05) is 12.8 Å². The van der Waals surface area contributed by atoms with E-state index in [9.17, 15) is 0 Å². The molecule has 1 saturated carbocycles. The molecule has 1 aliphatic heterocycles. The zero-order chi connectivity index (χ0) is 12.5. The predicted octanol–water partition coefficient (Wildman–Crippen LogP) is 1.67. The van der Waals surface area contributed by atoms with Gasteiger partial charge in [-0.05, 0) is 33.6 Å². The van der Waals surface area contributed by atoms with Gasteiger partial charge in [0.25, 0.3) is 0 Å². The summed E-state index contributed by atoms with van der Waals surface area (Å²) in [7, 11) is 0.